The Bertz CT molecular complexity index is 657. The van der Waals surface area contributed by atoms with E-state index < -0.39 is 11.7 Å². The fraction of sp³-hybridized carbons (Fsp3) is 0. The molecule has 4 nitrogen and oxygen atoms in total. The van der Waals surface area contributed by atoms with Gasteiger partial charge in [-0.25, -0.2) is 4.39 Å². The van der Waals surface area contributed by atoms with Gasteiger partial charge in [0.2, 0.25) is 5.56 Å². The first-order valence-electron chi connectivity index (χ1n) is 5.12. The van der Waals surface area contributed by atoms with Crippen LogP contribution >= 0.6 is 23.2 Å². The second kappa shape index (κ2) is 5.42. The van der Waals surface area contributed by atoms with Crippen molar-refractivity contribution in [3.05, 3.63) is 62.2 Å². The molecule has 0 bridgehead atoms. The van der Waals surface area contributed by atoms with E-state index in [9.17, 15) is 14.0 Å². The van der Waals surface area contributed by atoms with Gasteiger partial charge in [0.1, 0.15) is 0 Å². The predicted molar refractivity (Wildman–Crippen MR) is 71.4 cm³/mol. The lowest BCUT2D eigenvalue weighted by Crippen LogP contribution is -2.14. The number of halogens is 3. The number of H-pyrrole nitrogens is 1. The molecule has 0 aliphatic rings. The van der Waals surface area contributed by atoms with Crippen LogP contribution < -0.4 is 10.9 Å². The molecule has 0 aliphatic carbocycles. The third-order valence-corrected chi connectivity index (χ3v) is 2.84. The summed E-state index contributed by atoms with van der Waals surface area (Å²) in [4.78, 5) is 25.1. The zero-order valence-corrected chi connectivity index (χ0v) is 10.8. The van der Waals surface area contributed by atoms with Crippen LogP contribution in [-0.4, -0.2) is 10.9 Å². The first kappa shape index (κ1) is 13.6. The van der Waals surface area contributed by atoms with Gasteiger partial charge in [0.05, 0.1) is 15.6 Å². The lowest BCUT2D eigenvalue weighted by atomic mass is 10.2. The van der Waals surface area contributed by atoms with Gasteiger partial charge in [-0.2, -0.15) is 0 Å². The van der Waals surface area contributed by atoms with Crippen molar-refractivity contribution in [2.45, 2.75) is 0 Å². The zero-order valence-electron chi connectivity index (χ0n) is 9.34. The Morgan fingerprint density at radius 2 is 1.84 bits per heavy atom. The van der Waals surface area contributed by atoms with Gasteiger partial charge >= 0.3 is 0 Å². The van der Waals surface area contributed by atoms with Crippen LogP contribution in [0.1, 0.15) is 10.4 Å². The summed E-state index contributed by atoms with van der Waals surface area (Å²) in [6.45, 7) is 0. The summed E-state index contributed by atoms with van der Waals surface area (Å²) >= 11 is 11.2. The minimum absolute atomic E-state index is 0.190. The summed E-state index contributed by atoms with van der Waals surface area (Å²) in [5.74, 6) is -1.22. The molecule has 0 saturated carbocycles. The number of aromatic nitrogens is 1. The van der Waals surface area contributed by atoms with E-state index in [4.69, 9.17) is 23.2 Å². The number of amides is 1. The topological polar surface area (TPSA) is 62.0 Å². The smallest absolute Gasteiger partial charge is 0.257 e. The second-order valence-corrected chi connectivity index (χ2v) is 4.46. The van der Waals surface area contributed by atoms with Crippen LogP contribution in [-0.2, 0) is 0 Å². The normalized spacial score (nSPS) is 10.3. The van der Waals surface area contributed by atoms with Gasteiger partial charge < -0.3 is 10.3 Å². The van der Waals surface area contributed by atoms with Gasteiger partial charge in [-0.05, 0) is 18.2 Å². The van der Waals surface area contributed by atoms with E-state index in [-0.39, 0.29) is 26.9 Å². The van der Waals surface area contributed by atoms with Crippen molar-refractivity contribution >= 4 is 34.8 Å². The largest absolute Gasteiger partial charge is 0.328 e. The standard InChI is InChI=1S/C12H7Cl2FN2O2/c13-8-3-7(4-9(14)11(8)15)17-12(19)6-1-2-10(18)16-5-6/h1-5H,(H,16,18)(H,17,19). The van der Waals surface area contributed by atoms with Crippen molar-refractivity contribution in [3.8, 4) is 0 Å². The maximum absolute atomic E-state index is 13.2. The summed E-state index contributed by atoms with van der Waals surface area (Å²) < 4.78 is 13.2. The second-order valence-electron chi connectivity index (χ2n) is 3.65. The fourth-order valence-electron chi connectivity index (χ4n) is 1.38. The quantitative estimate of drug-likeness (QED) is 0.837. The van der Waals surface area contributed by atoms with Crippen LogP contribution in [0, 0.1) is 5.82 Å². The third-order valence-electron chi connectivity index (χ3n) is 2.29. The highest BCUT2D eigenvalue weighted by molar-refractivity contribution is 6.35. The maximum Gasteiger partial charge on any atom is 0.257 e. The molecule has 0 aliphatic heterocycles. The number of pyridine rings is 1. The molecular weight excluding hydrogens is 294 g/mol. The summed E-state index contributed by atoms with van der Waals surface area (Å²) in [5, 5.41) is 2.11. The number of carbonyl (C=O) groups excluding carboxylic acids is 1. The summed E-state index contributed by atoms with van der Waals surface area (Å²) in [6, 6.07) is 5.07. The number of carbonyl (C=O) groups is 1. The SMILES string of the molecule is O=C(Nc1cc(Cl)c(F)c(Cl)c1)c1ccc(=O)[nH]c1. The van der Waals surface area contributed by atoms with E-state index in [0.717, 1.165) is 0 Å². The maximum atomic E-state index is 13.2. The fourth-order valence-corrected chi connectivity index (χ4v) is 1.87. The van der Waals surface area contributed by atoms with E-state index in [1.807, 2.05) is 0 Å². The van der Waals surface area contributed by atoms with E-state index in [1.54, 1.807) is 0 Å². The highest BCUT2D eigenvalue weighted by atomic mass is 35.5. The van der Waals surface area contributed by atoms with E-state index in [2.05, 4.69) is 10.3 Å². The number of hydrogen-bond acceptors (Lipinski definition) is 2. The molecule has 1 amide bonds. The summed E-state index contributed by atoms with van der Waals surface area (Å²) in [5.41, 5.74) is 0.188. The Kier molecular flexibility index (Phi) is 3.87. The van der Waals surface area contributed by atoms with E-state index in [0.29, 0.717) is 0 Å². The molecule has 1 aromatic heterocycles. The minimum atomic E-state index is -0.745. The van der Waals surface area contributed by atoms with Crippen LogP contribution in [0.4, 0.5) is 10.1 Å². The summed E-state index contributed by atoms with van der Waals surface area (Å²) in [6.07, 6.45) is 1.27. The van der Waals surface area contributed by atoms with Gasteiger partial charge in [-0.1, -0.05) is 23.2 Å². The van der Waals surface area contributed by atoms with Crippen LogP contribution in [0.25, 0.3) is 0 Å². The highest BCUT2D eigenvalue weighted by Crippen LogP contribution is 2.27. The van der Waals surface area contributed by atoms with Crippen molar-refractivity contribution in [3.63, 3.8) is 0 Å². The first-order valence-corrected chi connectivity index (χ1v) is 5.87. The molecule has 2 N–H and O–H groups in total. The van der Waals surface area contributed by atoms with Gasteiger partial charge in [-0.3, -0.25) is 9.59 Å². The van der Waals surface area contributed by atoms with Gasteiger partial charge in [0.25, 0.3) is 5.91 Å². The molecule has 98 valence electrons. The van der Waals surface area contributed by atoms with Gasteiger partial charge in [0.15, 0.2) is 5.82 Å². The lowest BCUT2D eigenvalue weighted by Gasteiger charge is -2.07. The van der Waals surface area contributed by atoms with Crippen LogP contribution in [0.3, 0.4) is 0 Å². The number of aromatic amines is 1. The number of rotatable bonds is 2. The van der Waals surface area contributed by atoms with Crippen molar-refractivity contribution in [1.82, 2.24) is 4.98 Å². The molecule has 2 rings (SSSR count). The highest BCUT2D eigenvalue weighted by Gasteiger charge is 2.11. The molecule has 0 spiro atoms. The third kappa shape index (κ3) is 3.13. The van der Waals surface area contributed by atoms with Crippen molar-refractivity contribution in [2.24, 2.45) is 0 Å². The Hall–Kier alpha value is -1.85. The molecule has 0 atom stereocenters. The van der Waals surface area contributed by atoms with Gasteiger partial charge in [-0.15, -0.1) is 0 Å². The Morgan fingerprint density at radius 1 is 1.21 bits per heavy atom. The molecule has 2 aromatic rings. The number of anilines is 1. The molecule has 1 aromatic carbocycles. The number of hydrogen-bond donors (Lipinski definition) is 2. The summed E-state index contributed by atoms with van der Waals surface area (Å²) in [7, 11) is 0. The number of benzene rings is 1. The Morgan fingerprint density at radius 3 is 2.37 bits per heavy atom. The molecule has 0 radical (unpaired) electrons. The van der Waals surface area contributed by atoms with E-state index >= 15 is 0 Å². The predicted octanol–water partition coefficient (Wildman–Crippen LogP) is 3.07. The molecule has 19 heavy (non-hydrogen) atoms. The zero-order chi connectivity index (χ0) is 14.0. The minimum Gasteiger partial charge on any atom is -0.328 e. The van der Waals surface area contributed by atoms with Crippen molar-refractivity contribution < 1.29 is 9.18 Å². The van der Waals surface area contributed by atoms with Crippen molar-refractivity contribution in [2.75, 3.05) is 5.32 Å². The molecule has 0 unspecified atom stereocenters. The molecule has 0 saturated heterocycles. The van der Waals surface area contributed by atoms with Crippen LogP contribution in [0.15, 0.2) is 35.3 Å². The Balaban J connectivity index is 2.24. The molecule has 1 heterocycles. The van der Waals surface area contributed by atoms with E-state index in [1.165, 1.54) is 30.5 Å². The monoisotopic (exact) mass is 300 g/mol. The average molecular weight is 301 g/mol. The number of nitrogens with one attached hydrogen (secondary N) is 2. The van der Waals surface area contributed by atoms with Gasteiger partial charge in [0, 0.05) is 18.0 Å². The van der Waals surface area contributed by atoms with Crippen LogP contribution in [0.2, 0.25) is 10.0 Å². The molecule has 7 heteroatoms. The Labute approximate surface area is 117 Å². The first-order chi connectivity index (χ1) is 8.97. The molecular formula is C12H7Cl2FN2O2. The average Bonchev–Trinajstić information content (AvgIpc) is 2.36. The van der Waals surface area contributed by atoms with Crippen LogP contribution in [0.5, 0.6) is 0 Å². The molecule has 0 fully saturated rings. The lowest BCUT2D eigenvalue weighted by molar-refractivity contribution is 0.102. The van der Waals surface area contributed by atoms with Crippen molar-refractivity contribution in [1.29, 1.82) is 0 Å².